The Kier molecular flexibility index (Phi) is 4.27. The molecule has 0 bridgehead atoms. The lowest BCUT2D eigenvalue weighted by Gasteiger charge is -2.14. The molecule has 130 valence electrons. The largest absolute Gasteiger partial charge is 0.441 e. The predicted molar refractivity (Wildman–Crippen MR) is 88.8 cm³/mol. The summed E-state index contributed by atoms with van der Waals surface area (Å²) in [6.45, 7) is 3.40. The average molecular weight is 370 g/mol. The van der Waals surface area contributed by atoms with Crippen LogP contribution in [0.15, 0.2) is 33.7 Å². The number of hydrogen-bond acceptors (Lipinski definition) is 6. The van der Waals surface area contributed by atoms with E-state index in [1.165, 1.54) is 12.3 Å². The molecule has 1 atom stereocenters. The van der Waals surface area contributed by atoms with Crippen LogP contribution < -0.4 is 4.72 Å². The van der Waals surface area contributed by atoms with Crippen molar-refractivity contribution in [2.45, 2.75) is 31.2 Å². The fourth-order valence-corrected chi connectivity index (χ4v) is 6.03. The van der Waals surface area contributed by atoms with Gasteiger partial charge in [0.25, 0.3) is 0 Å². The van der Waals surface area contributed by atoms with Gasteiger partial charge in [-0.05, 0) is 25.0 Å². The van der Waals surface area contributed by atoms with Crippen molar-refractivity contribution in [3.63, 3.8) is 0 Å². The number of aryl methyl sites for hydroxylation is 2. The molecule has 1 fully saturated rings. The first-order valence-corrected chi connectivity index (χ1v) is 10.7. The fraction of sp³-hybridized carbons (Fsp3) is 0.400. The van der Waals surface area contributed by atoms with Gasteiger partial charge in [-0.2, -0.15) is 0 Å². The standard InChI is InChI=1S/C15H18N2O5S2/c1-10-3-4-12(14-8-16-11(2)22-14)7-15(10)24(20,21)17-13-5-6-23(18,19)9-13/h3-4,7-8,13,17H,5-6,9H2,1-2H3/t13-/m0/s1. The molecule has 7 nitrogen and oxygen atoms in total. The van der Waals surface area contributed by atoms with E-state index >= 15 is 0 Å². The maximum Gasteiger partial charge on any atom is 0.241 e. The maximum atomic E-state index is 12.7. The molecule has 1 aliphatic heterocycles. The Morgan fingerprint density at radius 3 is 2.62 bits per heavy atom. The Balaban J connectivity index is 1.92. The number of hydrogen-bond donors (Lipinski definition) is 1. The van der Waals surface area contributed by atoms with Gasteiger partial charge in [-0.25, -0.2) is 26.5 Å². The van der Waals surface area contributed by atoms with Gasteiger partial charge < -0.3 is 4.42 Å². The van der Waals surface area contributed by atoms with E-state index in [1.807, 2.05) is 0 Å². The summed E-state index contributed by atoms with van der Waals surface area (Å²) < 4.78 is 56.3. The third kappa shape index (κ3) is 3.52. The van der Waals surface area contributed by atoms with Crippen LogP contribution in [0.4, 0.5) is 0 Å². The first-order chi connectivity index (χ1) is 11.2. The molecule has 1 aliphatic rings. The van der Waals surface area contributed by atoms with E-state index in [2.05, 4.69) is 9.71 Å². The van der Waals surface area contributed by atoms with Crippen molar-refractivity contribution in [2.75, 3.05) is 11.5 Å². The summed E-state index contributed by atoms with van der Waals surface area (Å²) in [4.78, 5) is 4.12. The smallest absolute Gasteiger partial charge is 0.241 e. The topological polar surface area (TPSA) is 106 Å². The van der Waals surface area contributed by atoms with E-state index in [9.17, 15) is 16.8 Å². The lowest BCUT2D eigenvalue weighted by molar-refractivity contribution is 0.534. The number of sulfonamides is 1. The van der Waals surface area contributed by atoms with Crippen molar-refractivity contribution in [1.82, 2.24) is 9.71 Å². The zero-order valence-electron chi connectivity index (χ0n) is 13.3. The molecule has 2 heterocycles. The third-order valence-corrected chi connectivity index (χ3v) is 7.37. The number of sulfone groups is 1. The number of nitrogens with one attached hydrogen (secondary N) is 1. The highest BCUT2D eigenvalue weighted by Gasteiger charge is 2.32. The molecule has 3 rings (SSSR count). The second-order valence-electron chi connectivity index (χ2n) is 5.95. The van der Waals surface area contributed by atoms with Gasteiger partial charge in [0.05, 0.1) is 22.6 Å². The van der Waals surface area contributed by atoms with Crippen LogP contribution in [0, 0.1) is 13.8 Å². The molecule has 1 aromatic heterocycles. The Morgan fingerprint density at radius 2 is 2.04 bits per heavy atom. The van der Waals surface area contributed by atoms with E-state index in [0.717, 1.165) is 0 Å². The zero-order valence-corrected chi connectivity index (χ0v) is 14.9. The zero-order chi connectivity index (χ0) is 17.5. The molecule has 9 heteroatoms. The quantitative estimate of drug-likeness (QED) is 0.872. The first kappa shape index (κ1) is 17.1. The summed E-state index contributed by atoms with van der Waals surface area (Å²) >= 11 is 0. The molecular weight excluding hydrogens is 352 g/mol. The third-order valence-electron chi connectivity index (χ3n) is 3.94. The highest BCUT2D eigenvalue weighted by Crippen LogP contribution is 2.26. The van der Waals surface area contributed by atoms with Gasteiger partial charge >= 0.3 is 0 Å². The summed E-state index contributed by atoms with van der Waals surface area (Å²) in [5.41, 5.74) is 1.17. The molecule has 1 N–H and O–H groups in total. The highest BCUT2D eigenvalue weighted by molar-refractivity contribution is 7.92. The molecule has 0 spiro atoms. The SMILES string of the molecule is Cc1ncc(-c2ccc(C)c(S(=O)(=O)N[C@H]3CCS(=O)(=O)C3)c2)o1. The number of aromatic nitrogens is 1. The van der Waals surface area contributed by atoms with Crippen LogP contribution in [0.1, 0.15) is 17.9 Å². The summed E-state index contributed by atoms with van der Waals surface area (Å²) in [5, 5.41) is 0. The van der Waals surface area contributed by atoms with Crippen molar-refractivity contribution in [2.24, 2.45) is 0 Å². The molecule has 2 aromatic rings. The number of nitrogens with zero attached hydrogens (tertiary/aromatic N) is 1. The van der Waals surface area contributed by atoms with E-state index < -0.39 is 25.9 Å². The van der Waals surface area contributed by atoms with Crippen LogP contribution in [0.25, 0.3) is 11.3 Å². The van der Waals surface area contributed by atoms with Gasteiger partial charge in [0.15, 0.2) is 21.5 Å². The van der Waals surface area contributed by atoms with Gasteiger partial charge in [0.1, 0.15) is 0 Å². The Morgan fingerprint density at radius 1 is 1.29 bits per heavy atom. The van der Waals surface area contributed by atoms with Crippen molar-refractivity contribution >= 4 is 19.9 Å². The fourth-order valence-electron chi connectivity index (χ4n) is 2.71. The van der Waals surface area contributed by atoms with Crippen LogP contribution in [0.3, 0.4) is 0 Å². The van der Waals surface area contributed by atoms with E-state index in [-0.39, 0.29) is 16.4 Å². The van der Waals surface area contributed by atoms with E-state index in [1.54, 1.807) is 26.0 Å². The lowest BCUT2D eigenvalue weighted by atomic mass is 10.1. The molecule has 0 aliphatic carbocycles. The average Bonchev–Trinajstić information content (AvgIpc) is 3.04. The minimum Gasteiger partial charge on any atom is -0.441 e. The minimum absolute atomic E-state index is 0.0105. The second-order valence-corrected chi connectivity index (χ2v) is 9.86. The highest BCUT2D eigenvalue weighted by atomic mass is 32.2. The molecule has 24 heavy (non-hydrogen) atoms. The van der Waals surface area contributed by atoms with Gasteiger partial charge in [-0.3, -0.25) is 0 Å². The molecule has 1 aromatic carbocycles. The Hall–Kier alpha value is -1.71. The summed E-state index contributed by atoms with van der Waals surface area (Å²) in [7, 11) is -6.98. The van der Waals surface area contributed by atoms with Crippen molar-refractivity contribution in [3.8, 4) is 11.3 Å². The summed E-state index contributed by atoms with van der Waals surface area (Å²) in [6, 6.07) is 4.37. The van der Waals surface area contributed by atoms with Gasteiger partial charge in [-0.15, -0.1) is 0 Å². The Labute approximate surface area is 141 Å². The van der Waals surface area contributed by atoms with Gasteiger partial charge in [0.2, 0.25) is 10.0 Å². The summed E-state index contributed by atoms with van der Waals surface area (Å²) in [6.07, 6.45) is 1.83. The second kappa shape index (κ2) is 5.98. The van der Waals surface area contributed by atoms with Gasteiger partial charge in [-0.1, -0.05) is 12.1 Å². The van der Waals surface area contributed by atoms with Crippen LogP contribution in [0.5, 0.6) is 0 Å². The van der Waals surface area contributed by atoms with Crippen molar-refractivity contribution in [1.29, 1.82) is 0 Å². The van der Waals surface area contributed by atoms with Crippen LogP contribution in [0.2, 0.25) is 0 Å². The van der Waals surface area contributed by atoms with Gasteiger partial charge in [0, 0.05) is 18.5 Å². The van der Waals surface area contributed by atoms with E-state index in [0.29, 0.717) is 29.2 Å². The van der Waals surface area contributed by atoms with Crippen molar-refractivity contribution < 1.29 is 21.3 Å². The molecular formula is C15H18N2O5S2. The monoisotopic (exact) mass is 370 g/mol. The van der Waals surface area contributed by atoms with Crippen LogP contribution in [-0.2, 0) is 19.9 Å². The molecule has 0 unspecified atom stereocenters. The predicted octanol–water partition coefficient (Wildman–Crippen LogP) is 1.42. The molecule has 0 radical (unpaired) electrons. The molecule has 0 amide bonds. The number of oxazole rings is 1. The van der Waals surface area contributed by atoms with Crippen LogP contribution >= 0.6 is 0 Å². The van der Waals surface area contributed by atoms with E-state index in [4.69, 9.17) is 4.42 Å². The lowest BCUT2D eigenvalue weighted by Crippen LogP contribution is -2.35. The summed E-state index contributed by atoms with van der Waals surface area (Å²) in [5.74, 6) is 0.819. The van der Waals surface area contributed by atoms with Crippen LogP contribution in [-0.4, -0.2) is 39.4 Å². The number of rotatable bonds is 4. The molecule has 0 saturated carbocycles. The molecule has 1 saturated heterocycles. The number of benzene rings is 1. The Bertz CT molecular complexity index is 977. The minimum atomic E-state index is -3.82. The first-order valence-electron chi connectivity index (χ1n) is 7.42. The maximum absolute atomic E-state index is 12.7. The normalized spacial score (nSPS) is 20.3. The van der Waals surface area contributed by atoms with Crippen molar-refractivity contribution in [3.05, 3.63) is 35.9 Å².